The molecule has 1 aromatic rings. The highest BCUT2D eigenvalue weighted by Crippen LogP contribution is 2.31. The van der Waals surface area contributed by atoms with Gasteiger partial charge >= 0.3 is 0 Å². The summed E-state index contributed by atoms with van der Waals surface area (Å²) in [6.45, 7) is 11.1. The lowest BCUT2D eigenvalue weighted by atomic mass is 9.97. The van der Waals surface area contributed by atoms with E-state index < -0.39 is 0 Å². The Labute approximate surface area is 79.0 Å². The molecule has 0 spiro atoms. The topological polar surface area (TPSA) is 12.9 Å². The second kappa shape index (κ2) is 3.56. The maximum absolute atomic E-state index is 4.40. The molecule has 0 aliphatic heterocycles. The first-order valence-corrected chi connectivity index (χ1v) is 5.27. The zero-order valence-electron chi connectivity index (χ0n) is 8.51. The van der Waals surface area contributed by atoms with Crippen molar-refractivity contribution in [2.24, 2.45) is 0 Å². The van der Waals surface area contributed by atoms with Gasteiger partial charge in [0.25, 0.3) is 0 Å². The monoisotopic (exact) mass is 183 g/mol. The van der Waals surface area contributed by atoms with Crippen LogP contribution in [0.1, 0.15) is 55.7 Å². The van der Waals surface area contributed by atoms with Crippen LogP contribution in [0.4, 0.5) is 0 Å². The van der Waals surface area contributed by atoms with Gasteiger partial charge in [-0.15, -0.1) is 0 Å². The third-order valence-corrected chi connectivity index (χ3v) is 3.29. The Morgan fingerprint density at radius 3 is 2.00 bits per heavy atom. The maximum Gasteiger partial charge on any atom is 0.0548 e. The summed E-state index contributed by atoms with van der Waals surface area (Å²) in [7, 11) is 0. The van der Waals surface area contributed by atoms with Gasteiger partial charge in [0.2, 0.25) is 0 Å². The van der Waals surface area contributed by atoms with E-state index >= 15 is 0 Å². The van der Waals surface area contributed by atoms with Gasteiger partial charge in [-0.2, -0.15) is 4.37 Å². The summed E-state index contributed by atoms with van der Waals surface area (Å²) in [5, 5.41) is 0. The van der Waals surface area contributed by atoms with E-state index in [2.05, 4.69) is 39.0 Å². The fourth-order valence-corrected chi connectivity index (χ4v) is 2.54. The van der Waals surface area contributed by atoms with E-state index in [0.717, 1.165) is 0 Å². The van der Waals surface area contributed by atoms with Crippen LogP contribution in [-0.4, -0.2) is 4.37 Å². The van der Waals surface area contributed by atoms with Gasteiger partial charge in [0.15, 0.2) is 0 Å². The highest BCUT2D eigenvalue weighted by atomic mass is 32.1. The van der Waals surface area contributed by atoms with E-state index in [4.69, 9.17) is 0 Å². The fraction of sp³-hybridized carbons (Fsp3) is 0.700. The number of hydrogen-bond acceptors (Lipinski definition) is 2. The van der Waals surface area contributed by atoms with Crippen LogP contribution < -0.4 is 0 Å². The molecule has 0 aliphatic carbocycles. The average molecular weight is 183 g/mol. The minimum atomic E-state index is 0.612. The number of aromatic nitrogens is 1. The molecular weight excluding hydrogens is 166 g/mol. The maximum atomic E-state index is 4.40. The first-order valence-electron chi connectivity index (χ1n) is 4.50. The molecule has 1 aromatic heterocycles. The van der Waals surface area contributed by atoms with Crippen LogP contribution in [0.2, 0.25) is 0 Å². The summed E-state index contributed by atoms with van der Waals surface area (Å²) in [4.78, 5) is 1.46. The molecule has 0 fully saturated rings. The zero-order valence-corrected chi connectivity index (χ0v) is 9.33. The molecule has 1 rings (SSSR count). The van der Waals surface area contributed by atoms with Crippen molar-refractivity contribution >= 4 is 11.5 Å². The second-order valence-electron chi connectivity index (χ2n) is 3.86. The molecule has 12 heavy (non-hydrogen) atoms. The quantitative estimate of drug-likeness (QED) is 0.681. The summed E-state index contributed by atoms with van der Waals surface area (Å²) in [6.07, 6.45) is 0. The van der Waals surface area contributed by atoms with Crippen LogP contribution in [0.15, 0.2) is 0 Å². The van der Waals surface area contributed by atoms with Gasteiger partial charge in [0, 0.05) is 4.88 Å². The Balaban J connectivity index is 3.12. The predicted octanol–water partition coefficient (Wildman–Crippen LogP) is 3.70. The standard InChI is InChI=1S/C10H17NS/c1-6(2)9-8(5)11-12-10(9)7(3)4/h6-7H,1-5H3. The van der Waals surface area contributed by atoms with Crippen LogP contribution in [0, 0.1) is 6.92 Å². The van der Waals surface area contributed by atoms with E-state index in [0.29, 0.717) is 11.8 Å². The van der Waals surface area contributed by atoms with Crippen molar-refractivity contribution in [3.8, 4) is 0 Å². The van der Waals surface area contributed by atoms with Crippen molar-refractivity contribution in [2.75, 3.05) is 0 Å². The first-order chi connectivity index (χ1) is 5.54. The van der Waals surface area contributed by atoms with Crippen molar-refractivity contribution in [2.45, 2.75) is 46.5 Å². The molecule has 0 N–H and O–H groups in total. The van der Waals surface area contributed by atoms with Gasteiger partial charge in [-0.3, -0.25) is 0 Å². The number of hydrogen-bond donors (Lipinski definition) is 0. The molecule has 0 radical (unpaired) electrons. The molecule has 1 nitrogen and oxygen atoms in total. The largest absolute Gasteiger partial charge is 0.197 e. The van der Waals surface area contributed by atoms with Crippen LogP contribution in [0.25, 0.3) is 0 Å². The molecule has 0 bridgehead atoms. The van der Waals surface area contributed by atoms with E-state index in [1.54, 1.807) is 11.5 Å². The number of rotatable bonds is 2. The van der Waals surface area contributed by atoms with Crippen molar-refractivity contribution in [1.82, 2.24) is 4.37 Å². The van der Waals surface area contributed by atoms with Crippen LogP contribution >= 0.6 is 11.5 Å². The van der Waals surface area contributed by atoms with Gasteiger partial charge in [-0.05, 0) is 35.9 Å². The molecule has 2 heteroatoms. The second-order valence-corrected chi connectivity index (χ2v) is 4.66. The minimum absolute atomic E-state index is 0.612. The van der Waals surface area contributed by atoms with E-state index in [1.807, 2.05) is 0 Å². The Hall–Kier alpha value is -0.370. The normalized spacial score (nSPS) is 11.6. The van der Waals surface area contributed by atoms with E-state index in [9.17, 15) is 0 Å². The molecule has 0 saturated heterocycles. The summed E-state index contributed by atoms with van der Waals surface area (Å²) >= 11 is 1.66. The third-order valence-electron chi connectivity index (χ3n) is 2.04. The van der Waals surface area contributed by atoms with Gasteiger partial charge < -0.3 is 0 Å². The lowest BCUT2D eigenvalue weighted by molar-refractivity contribution is 0.801. The van der Waals surface area contributed by atoms with Crippen molar-refractivity contribution in [3.63, 3.8) is 0 Å². The minimum Gasteiger partial charge on any atom is -0.197 e. The molecule has 0 unspecified atom stereocenters. The van der Waals surface area contributed by atoms with Crippen molar-refractivity contribution < 1.29 is 0 Å². The van der Waals surface area contributed by atoms with Crippen LogP contribution in [-0.2, 0) is 0 Å². The Morgan fingerprint density at radius 2 is 1.67 bits per heavy atom. The summed E-state index contributed by atoms with van der Waals surface area (Å²) < 4.78 is 4.40. The lowest BCUT2D eigenvalue weighted by Crippen LogP contribution is -1.95. The molecule has 0 saturated carbocycles. The molecule has 68 valence electrons. The first kappa shape index (κ1) is 9.72. The molecule has 0 aromatic carbocycles. The molecular formula is C10H17NS. The molecule has 0 aliphatic rings. The zero-order chi connectivity index (χ0) is 9.30. The van der Waals surface area contributed by atoms with Crippen molar-refractivity contribution in [1.29, 1.82) is 0 Å². The summed E-state index contributed by atoms with van der Waals surface area (Å²) in [5.74, 6) is 1.23. The highest BCUT2D eigenvalue weighted by molar-refractivity contribution is 7.06. The predicted molar refractivity (Wildman–Crippen MR) is 55.0 cm³/mol. The third kappa shape index (κ3) is 1.69. The Kier molecular flexibility index (Phi) is 2.89. The van der Waals surface area contributed by atoms with Gasteiger partial charge in [-0.1, -0.05) is 27.7 Å². The summed E-state index contributed by atoms with van der Waals surface area (Å²) in [5.41, 5.74) is 2.69. The molecule has 0 atom stereocenters. The number of aryl methyl sites for hydroxylation is 1. The van der Waals surface area contributed by atoms with Gasteiger partial charge in [0.1, 0.15) is 0 Å². The highest BCUT2D eigenvalue weighted by Gasteiger charge is 2.15. The SMILES string of the molecule is Cc1nsc(C(C)C)c1C(C)C. The average Bonchev–Trinajstić information content (AvgIpc) is 2.30. The van der Waals surface area contributed by atoms with E-state index in [-0.39, 0.29) is 0 Å². The molecule has 0 amide bonds. The van der Waals surface area contributed by atoms with E-state index in [1.165, 1.54) is 16.1 Å². The van der Waals surface area contributed by atoms with Crippen LogP contribution in [0.3, 0.4) is 0 Å². The Bertz CT molecular complexity index is 261. The van der Waals surface area contributed by atoms with Crippen molar-refractivity contribution in [3.05, 3.63) is 16.1 Å². The summed E-state index contributed by atoms with van der Waals surface area (Å²) in [6, 6.07) is 0. The fourth-order valence-electron chi connectivity index (χ4n) is 1.51. The lowest BCUT2D eigenvalue weighted by Gasteiger charge is -2.09. The smallest absolute Gasteiger partial charge is 0.0548 e. The Morgan fingerprint density at radius 1 is 1.08 bits per heavy atom. The van der Waals surface area contributed by atoms with Crippen LogP contribution in [0.5, 0.6) is 0 Å². The number of nitrogens with zero attached hydrogens (tertiary/aromatic N) is 1. The van der Waals surface area contributed by atoms with Gasteiger partial charge in [0.05, 0.1) is 5.69 Å². The molecule has 1 heterocycles. The van der Waals surface area contributed by atoms with Gasteiger partial charge in [-0.25, -0.2) is 0 Å².